The summed E-state index contributed by atoms with van der Waals surface area (Å²) in [6.07, 6.45) is 3.08. The SMILES string of the molecule is NCC=Cc1c(O)cc(O)cc1O. The van der Waals surface area contributed by atoms with Crippen LogP contribution in [0.1, 0.15) is 5.56 Å². The molecule has 0 saturated carbocycles. The topological polar surface area (TPSA) is 86.7 Å². The van der Waals surface area contributed by atoms with Gasteiger partial charge in [0.15, 0.2) is 0 Å². The lowest BCUT2D eigenvalue weighted by Gasteiger charge is -2.02. The van der Waals surface area contributed by atoms with Crippen LogP contribution in [0.5, 0.6) is 17.2 Å². The number of phenolic OH excluding ortho intramolecular Hbond substituents is 3. The van der Waals surface area contributed by atoms with Gasteiger partial charge in [-0.25, -0.2) is 0 Å². The molecule has 0 bridgehead atoms. The lowest BCUT2D eigenvalue weighted by Crippen LogP contribution is -1.92. The molecule has 1 rings (SSSR count). The van der Waals surface area contributed by atoms with Crippen molar-refractivity contribution in [1.29, 1.82) is 0 Å². The van der Waals surface area contributed by atoms with Gasteiger partial charge in [-0.3, -0.25) is 0 Å². The Bertz CT molecular complexity index is 311. The second-order valence-electron chi connectivity index (χ2n) is 2.54. The minimum Gasteiger partial charge on any atom is -0.508 e. The molecule has 0 heterocycles. The van der Waals surface area contributed by atoms with Gasteiger partial charge >= 0.3 is 0 Å². The van der Waals surface area contributed by atoms with Gasteiger partial charge in [0.05, 0.1) is 5.56 Å². The summed E-state index contributed by atoms with van der Waals surface area (Å²) in [5.74, 6) is -0.538. The maximum Gasteiger partial charge on any atom is 0.130 e. The highest BCUT2D eigenvalue weighted by atomic mass is 16.3. The number of aromatic hydroxyl groups is 3. The van der Waals surface area contributed by atoms with Crippen LogP contribution in [0.3, 0.4) is 0 Å². The van der Waals surface area contributed by atoms with Crippen LogP contribution < -0.4 is 5.73 Å². The molecule has 1 aromatic carbocycles. The lowest BCUT2D eigenvalue weighted by molar-refractivity contribution is 0.426. The van der Waals surface area contributed by atoms with Gasteiger partial charge in [-0.2, -0.15) is 0 Å². The van der Waals surface area contributed by atoms with Crippen LogP contribution in [0.2, 0.25) is 0 Å². The molecule has 13 heavy (non-hydrogen) atoms. The first-order valence-electron chi connectivity index (χ1n) is 3.76. The maximum atomic E-state index is 9.29. The van der Waals surface area contributed by atoms with E-state index in [-0.39, 0.29) is 22.8 Å². The summed E-state index contributed by atoms with van der Waals surface area (Å²) >= 11 is 0. The zero-order valence-electron chi connectivity index (χ0n) is 6.94. The molecule has 4 nitrogen and oxygen atoms in total. The average molecular weight is 181 g/mol. The number of hydrogen-bond donors (Lipinski definition) is 4. The van der Waals surface area contributed by atoms with Crippen molar-refractivity contribution in [1.82, 2.24) is 0 Å². The quantitative estimate of drug-likeness (QED) is 0.543. The summed E-state index contributed by atoms with van der Waals surface area (Å²) in [6.45, 7) is 0.319. The predicted octanol–water partition coefficient (Wildman–Crippen LogP) is 0.775. The maximum absolute atomic E-state index is 9.29. The molecule has 0 radical (unpaired) electrons. The summed E-state index contributed by atoms with van der Waals surface area (Å²) < 4.78 is 0. The largest absolute Gasteiger partial charge is 0.508 e. The zero-order chi connectivity index (χ0) is 9.84. The van der Waals surface area contributed by atoms with Crippen molar-refractivity contribution in [3.05, 3.63) is 23.8 Å². The minimum atomic E-state index is -0.181. The van der Waals surface area contributed by atoms with Gasteiger partial charge < -0.3 is 21.1 Å². The van der Waals surface area contributed by atoms with Gasteiger partial charge in [0.1, 0.15) is 17.2 Å². The van der Waals surface area contributed by atoms with E-state index in [1.54, 1.807) is 6.08 Å². The first-order valence-corrected chi connectivity index (χ1v) is 3.76. The fourth-order valence-electron chi connectivity index (χ4n) is 0.965. The highest BCUT2D eigenvalue weighted by molar-refractivity contribution is 5.65. The molecule has 0 amide bonds. The molecular formula is C9H11NO3. The second kappa shape index (κ2) is 3.82. The third-order valence-electron chi connectivity index (χ3n) is 1.54. The molecule has 4 heteroatoms. The van der Waals surface area contributed by atoms with Crippen LogP contribution in [0.15, 0.2) is 18.2 Å². The van der Waals surface area contributed by atoms with E-state index in [0.717, 1.165) is 12.1 Å². The van der Waals surface area contributed by atoms with E-state index in [2.05, 4.69) is 0 Å². The Morgan fingerprint density at radius 1 is 1.15 bits per heavy atom. The van der Waals surface area contributed by atoms with E-state index in [1.807, 2.05) is 0 Å². The molecule has 70 valence electrons. The molecule has 0 aliphatic carbocycles. The Balaban J connectivity index is 3.13. The number of benzene rings is 1. The average Bonchev–Trinajstić information content (AvgIpc) is 2.02. The van der Waals surface area contributed by atoms with Gasteiger partial charge in [-0.05, 0) is 0 Å². The predicted molar refractivity (Wildman–Crippen MR) is 49.5 cm³/mol. The highest BCUT2D eigenvalue weighted by Gasteiger charge is 2.05. The Kier molecular flexibility index (Phi) is 2.76. The van der Waals surface area contributed by atoms with Crippen molar-refractivity contribution in [2.24, 2.45) is 5.73 Å². The minimum absolute atomic E-state index is 0.179. The molecule has 0 spiro atoms. The fraction of sp³-hybridized carbons (Fsp3) is 0.111. The van der Waals surface area contributed by atoms with Crippen LogP contribution in [0.25, 0.3) is 6.08 Å². The molecular weight excluding hydrogens is 170 g/mol. The monoisotopic (exact) mass is 181 g/mol. The Hall–Kier alpha value is -1.68. The van der Waals surface area contributed by atoms with E-state index in [4.69, 9.17) is 10.8 Å². The van der Waals surface area contributed by atoms with Gasteiger partial charge in [0.25, 0.3) is 0 Å². The molecule has 1 aromatic rings. The van der Waals surface area contributed by atoms with Crippen molar-refractivity contribution in [3.63, 3.8) is 0 Å². The van der Waals surface area contributed by atoms with Crippen molar-refractivity contribution in [2.75, 3.05) is 6.54 Å². The third kappa shape index (κ3) is 2.13. The van der Waals surface area contributed by atoms with Crippen LogP contribution in [-0.2, 0) is 0 Å². The van der Waals surface area contributed by atoms with Crippen LogP contribution in [0.4, 0.5) is 0 Å². The van der Waals surface area contributed by atoms with Gasteiger partial charge in [-0.1, -0.05) is 12.2 Å². The number of nitrogens with two attached hydrogens (primary N) is 1. The summed E-state index contributed by atoms with van der Waals surface area (Å²) in [7, 11) is 0. The summed E-state index contributed by atoms with van der Waals surface area (Å²) in [4.78, 5) is 0. The Labute approximate surface area is 75.6 Å². The first-order chi connectivity index (χ1) is 6.15. The first kappa shape index (κ1) is 9.41. The number of phenols is 3. The zero-order valence-corrected chi connectivity index (χ0v) is 6.94. The van der Waals surface area contributed by atoms with Gasteiger partial charge in [-0.15, -0.1) is 0 Å². The van der Waals surface area contributed by atoms with Crippen molar-refractivity contribution in [3.8, 4) is 17.2 Å². The smallest absolute Gasteiger partial charge is 0.130 e. The Morgan fingerprint density at radius 3 is 2.15 bits per heavy atom. The fourth-order valence-corrected chi connectivity index (χ4v) is 0.965. The summed E-state index contributed by atoms with van der Waals surface area (Å²) in [5.41, 5.74) is 5.46. The molecule has 0 fully saturated rings. The van der Waals surface area contributed by atoms with Gasteiger partial charge in [0, 0.05) is 18.7 Å². The molecule has 0 aliphatic heterocycles. The van der Waals surface area contributed by atoms with E-state index in [0.29, 0.717) is 6.54 Å². The van der Waals surface area contributed by atoms with E-state index in [9.17, 15) is 10.2 Å². The normalized spacial score (nSPS) is 10.8. The molecule has 0 unspecified atom stereocenters. The second-order valence-corrected chi connectivity index (χ2v) is 2.54. The third-order valence-corrected chi connectivity index (χ3v) is 1.54. The van der Waals surface area contributed by atoms with E-state index >= 15 is 0 Å². The molecule has 0 saturated heterocycles. The van der Waals surface area contributed by atoms with Crippen molar-refractivity contribution >= 4 is 6.08 Å². The molecule has 0 aliphatic rings. The number of hydrogen-bond acceptors (Lipinski definition) is 4. The highest BCUT2D eigenvalue weighted by Crippen LogP contribution is 2.32. The standard InChI is InChI=1S/C9H11NO3/c10-3-1-2-7-8(12)4-6(11)5-9(7)13/h1-2,4-5,11-13H,3,10H2. The number of rotatable bonds is 2. The van der Waals surface area contributed by atoms with Crippen molar-refractivity contribution < 1.29 is 15.3 Å². The molecule has 5 N–H and O–H groups in total. The lowest BCUT2D eigenvalue weighted by atomic mass is 10.1. The van der Waals surface area contributed by atoms with E-state index in [1.165, 1.54) is 6.08 Å². The summed E-state index contributed by atoms with van der Waals surface area (Å²) in [5, 5.41) is 27.5. The van der Waals surface area contributed by atoms with Crippen LogP contribution in [0, 0.1) is 0 Å². The summed E-state index contributed by atoms with van der Waals surface area (Å²) in [6, 6.07) is 2.30. The molecule has 0 atom stereocenters. The van der Waals surface area contributed by atoms with E-state index < -0.39 is 0 Å². The van der Waals surface area contributed by atoms with Crippen LogP contribution in [-0.4, -0.2) is 21.9 Å². The van der Waals surface area contributed by atoms with Gasteiger partial charge in [0.2, 0.25) is 0 Å². The van der Waals surface area contributed by atoms with Crippen LogP contribution >= 0.6 is 0 Å². The molecule has 0 aromatic heterocycles. The Morgan fingerprint density at radius 2 is 1.69 bits per heavy atom. The van der Waals surface area contributed by atoms with Crippen molar-refractivity contribution in [2.45, 2.75) is 0 Å².